The SMILES string of the molecule is CSc1ccc(Cl)c(C(=O)Nc2ccccc2OCc2cscn2)c1. The molecule has 0 aliphatic rings. The molecule has 4 nitrogen and oxygen atoms in total. The number of halogens is 1. The van der Waals surface area contributed by atoms with Crippen molar-refractivity contribution >= 4 is 46.3 Å². The van der Waals surface area contributed by atoms with E-state index in [1.54, 1.807) is 35.5 Å². The third-order valence-corrected chi connectivity index (χ3v) is 5.10. The molecular formula is C18H15ClN2O2S2. The number of aromatic nitrogens is 1. The number of ether oxygens (including phenoxy) is 1. The van der Waals surface area contributed by atoms with Gasteiger partial charge in [-0.25, -0.2) is 4.98 Å². The van der Waals surface area contributed by atoms with E-state index in [2.05, 4.69) is 10.3 Å². The van der Waals surface area contributed by atoms with E-state index in [4.69, 9.17) is 16.3 Å². The summed E-state index contributed by atoms with van der Waals surface area (Å²) >= 11 is 9.24. The topological polar surface area (TPSA) is 51.2 Å². The number of carbonyl (C=O) groups is 1. The van der Waals surface area contributed by atoms with Crippen LogP contribution in [0.5, 0.6) is 5.75 Å². The van der Waals surface area contributed by atoms with Crippen molar-refractivity contribution in [2.75, 3.05) is 11.6 Å². The molecule has 0 fully saturated rings. The molecule has 0 saturated carbocycles. The standard InChI is InChI=1S/C18H15ClN2O2S2/c1-24-13-6-7-15(19)14(8-13)18(22)21-16-4-2-3-5-17(16)23-9-12-10-25-11-20-12/h2-8,10-11H,9H2,1H3,(H,21,22). The second-order valence-electron chi connectivity index (χ2n) is 5.06. The number of thioether (sulfide) groups is 1. The molecule has 1 N–H and O–H groups in total. The fourth-order valence-corrected chi connectivity index (χ4v) is 3.34. The predicted molar refractivity (Wildman–Crippen MR) is 104 cm³/mol. The average Bonchev–Trinajstić information content (AvgIpc) is 3.15. The lowest BCUT2D eigenvalue weighted by Crippen LogP contribution is -2.13. The van der Waals surface area contributed by atoms with Gasteiger partial charge in [0.15, 0.2) is 0 Å². The Labute approximate surface area is 159 Å². The first kappa shape index (κ1) is 17.8. The molecule has 0 unspecified atom stereocenters. The van der Waals surface area contributed by atoms with Crippen LogP contribution in [-0.4, -0.2) is 17.1 Å². The van der Waals surface area contributed by atoms with Crippen LogP contribution < -0.4 is 10.1 Å². The van der Waals surface area contributed by atoms with Gasteiger partial charge in [-0.2, -0.15) is 0 Å². The second kappa shape index (κ2) is 8.38. The highest BCUT2D eigenvalue weighted by atomic mass is 35.5. The minimum atomic E-state index is -0.273. The first-order valence-electron chi connectivity index (χ1n) is 7.41. The third-order valence-electron chi connectivity index (χ3n) is 3.41. The van der Waals surface area contributed by atoms with Gasteiger partial charge in [-0.05, 0) is 36.6 Å². The lowest BCUT2D eigenvalue weighted by molar-refractivity contribution is 0.102. The van der Waals surface area contributed by atoms with Crippen molar-refractivity contribution in [1.82, 2.24) is 4.98 Å². The molecule has 3 aromatic rings. The largest absolute Gasteiger partial charge is 0.485 e. The zero-order valence-electron chi connectivity index (χ0n) is 13.4. The summed E-state index contributed by atoms with van der Waals surface area (Å²) in [5.41, 5.74) is 3.63. The summed E-state index contributed by atoms with van der Waals surface area (Å²) in [7, 11) is 0. The van der Waals surface area contributed by atoms with Crippen LogP contribution in [0.25, 0.3) is 0 Å². The molecule has 0 bridgehead atoms. The monoisotopic (exact) mass is 390 g/mol. The molecular weight excluding hydrogens is 376 g/mol. The number of para-hydroxylation sites is 2. The molecule has 0 aliphatic carbocycles. The highest BCUT2D eigenvalue weighted by Crippen LogP contribution is 2.28. The second-order valence-corrected chi connectivity index (χ2v) is 7.07. The first-order chi connectivity index (χ1) is 12.2. The van der Waals surface area contributed by atoms with Gasteiger partial charge in [0.25, 0.3) is 5.91 Å². The minimum Gasteiger partial charge on any atom is -0.485 e. The summed E-state index contributed by atoms with van der Waals surface area (Å²) in [5, 5.41) is 5.21. The lowest BCUT2D eigenvalue weighted by atomic mass is 10.2. The number of hydrogen-bond donors (Lipinski definition) is 1. The molecule has 2 aromatic carbocycles. The number of thiazole rings is 1. The van der Waals surface area contributed by atoms with Gasteiger partial charge in [-0.3, -0.25) is 4.79 Å². The van der Waals surface area contributed by atoms with E-state index < -0.39 is 0 Å². The van der Waals surface area contributed by atoms with E-state index in [1.165, 1.54) is 11.3 Å². The maximum absolute atomic E-state index is 12.6. The number of carbonyl (C=O) groups excluding carboxylic acids is 1. The average molecular weight is 391 g/mol. The van der Waals surface area contributed by atoms with Gasteiger partial charge < -0.3 is 10.1 Å². The third kappa shape index (κ3) is 4.54. The maximum Gasteiger partial charge on any atom is 0.257 e. The van der Waals surface area contributed by atoms with Gasteiger partial charge in [0.1, 0.15) is 12.4 Å². The van der Waals surface area contributed by atoms with Crippen LogP contribution in [0.4, 0.5) is 5.69 Å². The molecule has 0 aliphatic heterocycles. The van der Waals surface area contributed by atoms with Crippen molar-refractivity contribution in [3.63, 3.8) is 0 Å². The summed E-state index contributed by atoms with van der Waals surface area (Å²) in [6.07, 6.45) is 1.95. The Bertz CT molecular complexity index is 869. The molecule has 1 aromatic heterocycles. The number of nitrogens with one attached hydrogen (secondary N) is 1. The molecule has 25 heavy (non-hydrogen) atoms. The number of rotatable bonds is 6. The van der Waals surface area contributed by atoms with Gasteiger partial charge >= 0.3 is 0 Å². The summed E-state index contributed by atoms with van der Waals surface area (Å²) < 4.78 is 5.79. The lowest BCUT2D eigenvalue weighted by Gasteiger charge is -2.13. The fraction of sp³-hybridized carbons (Fsp3) is 0.111. The van der Waals surface area contributed by atoms with Gasteiger partial charge in [0, 0.05) is 10.3 Å². The van der Waals surface area contributed by atoms with Crippen LogP contribution in [0.3, 0.4) is 0 Å². The molecule has 0 spiro atoms. The summed E-state index contributed by atoms with van der Waals surface area (Å²) in [4.78, 5) is 17.8. The van der Waals surface area contributed by atoms with Crippen molar-refractivity contribution in [2.24, 2.45) is 0 Å². The Kier molecular flexibility index (Phi) is 5.96. The Morgan fingerprint density at radius 3 is 2.92 bits per heavy atom. The number of hydrogen-bond acceptors (Lipinski definition) is 5. The molecule has 1 heterocycles. The first-order valence-corrected chi connectivity index (χ1v) is 9.95. The number of nitrogens with zero attached hydrogens (tertiary/aromatic N) is 1. The Morgan fingerprint density at radius 2 is 2.16 bits per heavy atom. The summed E-state index contributed by atoms with van der Waals surface area (Å²) in [5.74, 6) is 0.312. The highest BCUT2D eigenvalue weighted by Gasteiger charge is 2.14. The van der Waals surface area contributed by atoms with Gasteiger partial charge in [-0.1, -0.05) is 23.7 Å². The number of anilines is 1. The Morgan fingerprint density at radius 1 is 1.32 bits per heavy atom. The van der Waals surface area contributed by atoms with Gasteiger partial charge in [0.2, 0.25) is 0 Å². The van der Waals surface area contributed by atoms with E-state index >= 15 is 0 Å². The number of amides is 1. The summed E-state index contributed by atoms with van der Waals surface area (Å²) in [6.45, 7) is 0.346. The van der Waals surface area contributed by atoms with Crippen molar-refractivity contribution in [1.29, 1.82) is 0 Å². The quantitative estimate of drug-likeness (QED) is 0.576. The molecule has 128 valence electrons. The van der Waals surface area contributed by atoms with Gasteiger partial charge in [-0.15, -0.1) is 23.1 Å². The van der Waals surface area contributed by atoms with E-state index in [0.29, 0.717) is 28.6 Å². The van der Waals surface area contributed by atoms with Crippen LogP contribution in [-0.2, 0) is 6.61 Å². The van der Waals surface area contributed by atoms with Crippen LogP contribution in [0.2, 0.25) is 5.02 Å². The van der Waals surface area contributed by atoms with Crippen molar-refractivity contribution < 1.29 is 9.53 Å². The fourth-order valence-electron chi connectivity index (χ4n) is 2.15. The molecule has 1 amide bonds. The highest BCUT2D eigenvalue weighted by molar-refractivity contribution is 7.98. The molecule has 3 rings (SSSR count). The van der Waals surface area contributed by atoms with Crippen molar-refractivity contribution in [2.45, 2.75) is 11.5 Å². The zero-order chi connectivity index (χ0) is 17.6. The van der Waals surface area contributed by atoms with Crippen molar-refractivity contribution in [3.8, 4) is 5.75 Å². The molecule has 0 saturated heterocycles. The van der Waals surface area contributed by atoms with Crippen LogP contribution in [0, 0.1) is 0 Å². The molecule has 0 atom stereocenters. The van der Waals surface area contributed by atoms with E-state index in [9.17, 15) is 4.79 Å². The molecule has 0 radical (unpaired) electrons. The minimum absolute atomic E-state index is 0.273. The zero-order valence-corrected chi connectivity index (χ0v) is 15.8. The van der Waals surface area contributed by atoms with E-state index in [-0.39, 0.29) is 5.91 Å². The van der Waals surface area contributed by atoms with Crippen LogP contribution in [0.1, 0.15) is 16.1 Å². The normalized spacial score (nSPS) is 10.5. The smallest absolute Gasteiger partial charge is 0.257 e. The Balaban J connectivity index is 1.77. The van der Waals surface area contributed by atoms with Crippen LogP contribution >= 0.6 is 34.7 Å². The number of benzene rings is 2. The van der Waals surface area contributed by atoms with E-state index in [0.717, 1.165) is 10.6 Å². The van der Waals surface area contributed by atoms with E-state index in [1.807, 2.05) is 35.9 Å². The molecule has 7 heteroatoms. The van der Waals surface area contributed by atoms with Crippen LogP contribution in [0.15, 0.2) is 58.3 Å². The van der Waals surface area contributed by atoms with Crippen molar-refractivity contribution in [3.05, 3.63) is 69.6 Å². The maximum atomic E-state index is 12.6. The van der Waals surface area contributed by atoms with Gasteiger partial charge in [0.05, 0.1) is 27.5 Å². The summed E-state index contributed by atoms with van der Waals surface area (Å²) in [6, 6.07) is 12.7. The predicted octanol–water partition coefficient (Wildman–Crippen LogP) is 5.35. The Hall–Kier alpha value is -2.02.